The average molecular weight is 246 g/mol. The van der Waals surface area contributed by atoms with Gasteiger partial charge in [0, 0.05) is 22.2 Å². The van der Waals surface area contributed by atoms with Crippen molar-refractivity contribution in [2.24, 2.45) is 0 Å². The summed E-state index contributed by atoms with van der Waals surface area (Å²) < 4.78 is 0. The molecule has 2 nitrogen and oxygen atoms in total. The molecular formula is C11H16ClNOS. The van der Waals surface area contributed by atoms with Gasteiger partial charge in [0.05, 0.1) is 6.61 Å². The van der Waals surface area contributed by atoms with Gasteiger partial charge in [-0.05, 0) is 31.8 Å². The maximum absolute atomic E-state index is 8.96. The summed E-state index contributed by atoms with van der Waals surface area (Å²) in [7, 11) is 4.12. The molecule has 1 aromatic carbocycles. The predicted molar refractivity (Wildman–Crippen MR) is 66.7 cm³/mol. The standard InChI is InChI=1S/C11H16ClNOS/c1-13(2)5-6-15-10-4-3-9(8-14)11(12)7-10/h3-4,7,14H,5-6,8H2,1-2H3. The molecule has 15 heavy (non-hydrogen) atoms. The van der Waals surface area contributed by atoms with Crippen LogP contribution in [-0.4, -0.2) is 36.4 Å². The van der Waals surface area contributed by atoms with Gasteiger partial charge < -0.3 is 10.0 Å². The molecule has 0 bridgehead atoms. The molecule has 0 aliphatic carbocycles. The van der Waals surface area contributed by atoms with Crippen molar-refractivity contribution in [3.63, 3.8) is 0 Å². The summed E-state index contributed by atoms with van der Waals surface area (Å²) in [4.78, 5) is 3.30. The maximum atomic E-state index is 8.96. The fraction of sp³-hybridized carbons (Fsp3) is 0.455. The molecule has 0 amide bonds. The van der Waals surface area contributed by atoms with E-state index >= 15 is 0 Å². The zero-order valence-electron chi connectivity index (χ0n) is 9.03. The van der Waals surface area contributed by atoms with E-state index < -0.39 is 0 Å². The number of hydrogen-bond donors (Lipinski definition) is 1. The van der Waals surface area contributed by atoms with Crippen LogP contribution in [0.15, 0.2) is 23.1 Å². The minimum absolute atomic E-state index is 0.00147. The van der Waals surface area contributed by atoms with Crippen LogP contribution in [0.25, 0.3) is 0 Å². The van der Waals surface area contributed by atoms with Crippen molar-refractivity contribution >= 4 is 23.4 Å². The molecule has 0 spiro atoms. The molecule has 0 radical (unpaired) electrons. The second-order valence-electron chi connectivity index (χ2n) is 3.56. The molecule has 1 aromatic rings. The van der Waals surface area contributed by atoms with Gasteiger partial charge in [-0.25, -0.2) is 0 Å². The first-order valence-corrected chi connectivity index (χ1v) is 6.16. The quantitative estimate of drug-likeness (QED) is 0.807. The summed E-state index contributed by atoms with van der Waals surface area (Å²) in [5.74, 6) is 1.04. The summed E-state index contributed by atoms with van der Waals surface area (Å²) in [5.41, 5.74) is 0.786. The lowest BCUT2D eigenvalue weighted by atomic mass is 10.2. The lowest BCUT2D eigenvalue weighted by Crippen LogP contribution is -2.14. The van der Waals surface area contributed by atoms with Crippen molar-refractivity contribution in [3.05, 3.63) is 28.8 Å². The van der Waals surface area contributed by atoms with E-state index in [1.54, 1.807) is 11.8 Å². The summed E-state index contributed by atoms with van der Waals surface area (Å²) in [6.07, 6.45) is 0. The molecular weight excluding hydrogens is 230 g/mol. The number of aliphatic hydroxyl groups is 1. The van der Waals surface area contributed by atoms with Crippen LogP contribution in [0, 0.1) is 0 Å². The van der Waals surface area contributed by atoms with Gasteiger partial charge in [-0.2, -0.15) is 0 Å². The normalized spacial score (nSPS) is 11.0. The fourth-order valence-corrected chi connectivity index (χ4v) is 2.45. The number of halogens is 1. The average Bonchev–Trinajstić information content (AvgIpc) is 2.17. The van der Waals surface area contributed by atoms with Crippen molar-refractivity contribution in [2.45, 2.75) is 11.5 Å². The highest BCUT2D eigenvalue weighted by Gasteiger charge is 2.01. The van der Waals surface area contributed by atoms with E-state index in [4.69, 9.17) is 16.7 Å². The highest BCUT2D eigenvalue weighted by molar-refractivity contribution is 7.99. The van der Waals surface area contributed by atoms with E-state index in [0.717, 1.165) is 22.8 Å². The zero-order valence-corrected chi connectivity index (χ0v) is 10.6. The lowest BCUT2D eigenvalue weighted by Gasteiger charge is -2.09. The first kappa shape index (κ1) is 12.8. The third-order valence-electron chi connectivity index (χ3n) is 2.00. The second-order valence-corrected chi connectivity index (χ2v) is 5.14. The van der Waals surface area contributed by atoms with Crippen LogP contribution < -0.4 is 0 Å². The SMILES string of the molecule is CN(C)CCSc1ccc(CO)c(Cl)c1. The van der Waals surface area contributed by atoms with E-state index in [1.807, 2.05) is 18.2 Å². The highest BCUT2D eigenvalue weighted by Crippen LogP contribution is 2.24. The van der Waals surface area contributed by atoms with Crippen LogP contribution in [0.1, 0.15) is 5.56 Å². The fourth-order valence-electron chi connectivity index (χ4n) is 1.09. The molecule has 84 valence electrons. The van der Waals surface area contributed by atoms with Crippen LogP contribution in [-0.2, 0) is 6.61 Å². The van der Waals surface area contributed by atoms with E-state index in [2.05, 4.69) is 19.0 Å². The predicted octanol–water partition coefficient (Wildman–Crippen LogP) is 2.49. The van der Waals surface area contributed by atoms with Gasteiger partial charge in [-0.1, -0.05) is 17.7 Å². The monoisotopic (exact) mass is 245 g/mol. The zero-order chi connectivity index (χ0) is 11.3. The van der Waals surface area contributed by atoms with Crippen LogP contribution in [0.2, 0.25) is 5.02 Å². The van der Waals surface area contributed by atoms with Gasteiger partial charge in [0.1, 0.15) is 0 Å². The Labute approximate surface area is 100 Å². The molecule has 0 atom stereocenters. The van der Waals surface area contributed by atoms with E-state index in [-0.39, 0.29) is 6.61 Å². The third-order valence-corrected chi connectivity index (χ3v) is 3.33. The van der Waals surface area contributed by atoms with Gasteiger partial charge >= 0.3 is 0 Å². The Morgan fingerprint density at radius 2 is 2.13 bits per heavy atom. The molecule has 0 heterocycles. The van der Waals surface area contributed by atoms with E-state index in [0.29, 0.717) is 5.02 Å². The molecule has 4 heteroatoms. The summed E-state index contributed by atoms with van der Waals surface area (Å²) in [5, 5.41) is 9.61. The van der Waals surface area contributed by atoms with E-state index in [1.165, 1.54) is 0 Å². The minimum Gasteiger partial charge on any atom is -0.392 e. The molecule has 0 fully saturated rings. The third kappa shape index (κ3) is 4.43. The number of aliphatic hydroxyl groups excluding tert-OH is 1. The number of thioether (sulfide) groups is 1. The summed E-state index contributed by atoms with van der Waals surface area (Å²) in [6, 6.07) is 5.78. The van der Waals surface area contributed by atoms with Crippen molar-refractivity contribution in [3.8, 4) is 0 Å². The van der Waals surface area contributed by atoms with Gasteiger partial charge in [0.2, 0.25) is 0 Å². The Bertz CT molecular complexity index is 317. The largest absolute Gasteiger partial charge is 0.392 e. The van der Waals surface area contributed by atoms with Crippen LogP contribution in [0.4, 0.5) is 0 Å². The molecule has 0 saturated carbocycles. The molecule has 1 N–H and O–H groups in total. The molecule has 0 saturated heterocycles. The smallest absolute Gasteiger partial charge is 0.0696 e. The van der Waals surface area contributed by atoms with Gasteiger partial charge in [0.15, 0.2) is 0 Å². The number of benzene rings is 1. The number of rotatable bonds is 5. The molecule has 0 aliphatic rings. The van der Waals surface area contributed by atoms with Gasteiger partial charge in [-0.3, -0.25) is 0 Å². The highest BCUT2D eigenvalue weighted by atomic mass is 35.5. The topological polar surface area (TPSA) is 23.5 Å². The molecule has 0 unspecified atom stereocenters. The second kappa shape index (κ2) is 6.38. The van der Waals surface area contributed by atoms with Crippen molar-refractivity contribution in [1.82, 2.24) is 4.90 Å². The van der Waals surface area contributed by atoms with Crippen molar-refractivity contribution < 1.29 is 5.11 Å². The Kier molecular flexibility index (Phi) is 5.47. The van der Waals surface area contributed by atoms with Crippen molar-refractivity contribution in [2.75, 3.05) is 26.4 Å². The van der Waals surface area contributed by atoms with Crippen LogP contribution >= 0.6 is 23.4 Å². The van der Waals surface area contributed by atoms with Crippen LogP contribution in [0.3, 0.4) is 0 Å². The Morgan fingerprint density at radius 3 is 2.67 bits per heavy atom. The Morgan fingerprint density at radius 1 is 1.40 bits per heavy atom. The minimum atomic E-state index is 0.00147. The Hall–Kier alpha value is -0.220. The van der Waals surface area contributed by atoms with Crippen LogP contribution in [0.5, 0.6) is 0 Å². The molecule has 0 aliphatic heterocycles. The number of hydrogen-bond acceptors (Lipinski definition) is 3. The van der Waals surface area contributed by atoms with Gasteiger partial charge in [-0.15, -0.1) is 11.8 Å². The molecule has 1 rings (SSSR count). The number of nitrogens with zero attached hydrogens (tertiary/aromatic N) is 1. The van der Waals surface area contributed by atoms with E-state index in [9.17, 15) is 0 Å². The Balaban J connectivity index is 2.52. The van der Waals surface area contributed by atoms with Crippen molar-refractivity contribution in [1.29, 1.82) is 0 Å². The maximum Gasteiger partial charge on any atom is 0.0696 e. The molecule has 0 aromatic heterocycles. The summed E-state index contributed by atoms with van der Waals surface area (Å²) in [6.45, 7) is 1.05. The summed E-state index contributed by atoms with van der Waals surface area (Å²) >= 11 is 7.76. The lowest BCUT2D eigenvalue weighted by molar-refractivity contribution is 0.282. The first-order chi connectivity index (χ1) is 7.13. The van der Waals surface area contributed by atoms with Gasteiger partial charge in [0.25, 0.3) is 0 Å². The first-order valence-electron chi connectivity index (χ1n) is 4.80.